The topological polar surface area (TPSA) is 54.3 Å². The summed E-state index contributed by atoms with van der Waals surface area (Å²) < 4.78 is 41.5. The lowest BCUT2D eigenvalue weighted by Gasteiger charge is -2.38. The Kier molecular flexibility index (Phi) is 5.53. The van der Waals surface area contributed by atoms with Gasteiger partial charge in [0.05, 0.1) is 24.6 Å². The van der Waals surface area contributed by atoms with Gasteiger partial charge in [-0.05, 0) is 43.7 Å². The molecule has 3 heterocycles. The lowest BCUT2D eigenvalue weighted by atomic mass is 10.1. The molecule has 0 bridgehead atoms. The average molecular weight is 429 g/mol. The van der Waals surface area contributed by atoms with Gasteiger partial charge in [0, 0.05) is 29.7 Å². The van der Waals surface area contributed by atoms with Gasteiger partial charge in [0.15, 0.2) is 0 Å². The van der Waals surface area contributed by atoms with Gasteiger partial charge >= 0.3 is 6.18 Å². The maximum Gasteiger partial charge on any atom is 0.416 e. The number of halogens is 3. The van der Waals surface area contributed by atoms with Crippen LogP contribution in [0.2, 0.25) is 0 Å². The molecule has 1 aliphatic rings. The summed E-state index contributed by atoms with van der Waals surface area (Å²) in [5, 5.41) is 0. The third-order valence-electron chi connectivity index (χ3n) is 5.32. The monoisotopic (exact) mass is 429 g/mol. The smallest absolute Gasteiger partial charge is 0.298 e. The van der Waals surface area contributed by atoms with Crippen molar-refractivity contribution in [1.82, 2.24) is 19.4 Å². The molecule has 0 amide bonds. The third-order valence-corrected chi connectivity index (χ3v) is 5.32. The van der Waals surface area contributed by atoms with Gasteiger partial charge in [0.2, 0.25) is 5.95 Å². The van der Waals surface area contributed by atoms with E-state index in [1.807, 2.05) is 30.0 Å². The largest absolute Gasteiger partial charge is 0.416 e. The lowest BCUT2D eigenvalue weighted by molar-refractivity contribution is -0.137. The predicted octanol–water partition coefficient (Wildman–Crippen LogP) is 4.10. The fraction of sp³-hybridized carbons (Fsp3) is 0.318. The second-order valence-electron chi connectivity index (χ2n) is 7.47. The van der Waals surface area contributed by atoms with Crippen LogP contribution in [0.25, 0.3) is 0 Å². The molecule has 4 rings (SSSR count). The SMILES string of the molecule is CCc1c(C)nc2n(c1=O)CN(Cc1ccccn1)CN2c1cccc(C(F)(F)F)c1. The molecule has 162 valence electrons. The molecule has 9 heteroatoms. The van der Waals surface area contributed by atoms with E-state index >= 15 is 0 Å². The molecule has 31 heavy (non-hydrogen) atoms. The number of hydrogen-bond acceptors (Lipinski definition) is 5. The molecule has 2 aromatic heterocycles. The average Bonchev–Trinajstić information content (AvgIpc) is 2.74. The molecule has 0 saturated heterocycles. The van der Waals surface area contributed by atoms with Crippen LogP contribution in [0.4, 0.5) is 24.8 Å². The van der Waals surface area contributed by atoms with E-state index in [0.29, 0.717) is 35.9 Å². The zero-order chi connectivity index (χ0) is 22.2. The number of benzene rings is 1. The number of aromatic nitrogens is 3. The van der Waals surface area contributed by atoms with Crippen LogP contribution in [0.5, 0.6) is 0 Å². The first-order chi connectivity index (χ1) is 14.8. The predicted molar refractivity (Wildman–Crippen MR) is 111 cm³/mol. The quantitative estimate of drug-likeness (QED) is 0.625. The number of hydrogen-bond donors (Lipinski definition) is 0. The van der Waals surface area contributed by atoms with Crippen LogP contribution in [0, 0.1) is 6.92 Å². The Morgan fingerprint density at radius 2 is 1.90 bits per heavy atom. The van der Waals surface area contributed by atoms with E-state index in [2.05, 4.69) is 9.97 Å². The van der Waals surface area contributed by atoms with Gasteiger partial charge in [0.1, 0.15) is 0 Å². The van der Waals surface area contributed by atoms with Crippen LogP contribution >= 0.6 is 0 Å². The Bertz CT molecular complexity index is 1140. The summed E-state index contributed by atoms with van der Waals surface area (Å²) in [5.41, 5.74) is 1.40. The van der Waals surface area contributed by atoms with Crippen molar-refractivity contribution in [3.63, 3.8) is 0 Å². The van der Waals surface area contributed by atoms with Crippen LogP contribution in [-0.2, 0) is 25.8 Å². The molecule has 1 aromatic carbocycles. The Hall–Kier alpha value is -3.20. The molecule has 0 radical (unpaired) electrons. The number of anilines is 2. The molecule has 0 atom stereocenters. The van der Waals surface area contributed by atoms with Crippen molar-refractivity contribution in [3.8, 4) is 0 Å². The zero-order valence-electron chi connectivity index (χ0n) is 17.2. The summed E-state index contributed by atoms with van der Waals surface area (Å²) in [7, 11) is 0. The molecule has 0 spiro atoms. The van der Waals surface area contributed by atoms with Crippen molar-refractivity contribution >= 4 is 11.6 Å². The summed E-state index contributed by atoms with van der Waals surface area (Å²) in [6.07, 6.45) is -2.25. The fourth-order valence-corrected chi connectivity index (χ4v) is 3.80. The van der Waals surface area contributed by atoms with Crippen LogP contribution in [0.15, 0.2) is 53.5 Å². The second-order valence-corrected chi connectivity index (χ2v) is 7.47. The Morgan fingerprint density at radius 3 is 2.58 bits per heavy atom. The van der Waals surface area contributed by atoms with Crippen LogP contribution < -0.4 is 10.5 Å². The highest BCUT2D eigenvalue weighted by Gasteiger charge is 2.33. The van der Waals surface area contributed by atoms with Crippen molar-refractivity contribution in [2.45, 2.75) is 39.7 Å². The van der Waals surface area contributed by atoms with E-state index in [4.69, 9.17) is 0 Å². The lowest BCUT2D eigenvalue weighted by Crippen LogP contribution is -2.47. The van der Waals surface area contributed by atoms with Gasteiger partial charge in [-0.1, -0.05) is 19.1 Å². The summed E-state index contributed by atoms with van der Waals surface area (Å²) in [6.45, 7) is 4.64. The number of aryl methyl sites for hydroxylation is 1. The van der Waals surface area contributed by atoms with Gasteiger partial charge in [-0.25, -0.2) is 4.98 Å². The first-order valence-corrected chi connectivity index (χ1v) is 9.95. The fourth-order valence-electron chi connectivity index (χ4n) is 3.80. The third kappa shape index (κ3) is 4.18. The Balaban J connectivity index is 1.81. The minimum Gasteiger partial charge on any atom is -0.298 e. The molecule has 0 unspecified atom stereocenters. The maximum absolute atomic E-state index is 13.3. The number of nitrogens with zero attached hydrogens (tertiary/aromatic N) is 5. The highest BCUT2D eigenvalue weighted by Crippen LogP contribution is 2.34. The Morgan fingerprint density at radius 1 is 1.10 bits per heavy atom. The van der Waals surface area contributed by atoms with E-state index in [-0.39, 0.29) is 18.9 Å². The van der Waals surface area contributed by atoms with E-state index in [9.17, 15) is 18.0 Å². The minimum atomic E-state index is -4.46. The molecule has 1 aliphatic heterocycles. The molecular weight excluding hydrogens is 407 g/mol. The molecule has 0 saturated carbocycles. The van der Waals surface area contributed by atoms with Gasteiger partial charge in [-0.15, -0.1) is 0 Å². The van der Waals surface area contributed by atoms with Gasteiger partial charge in [0.25, 0.3) is 5.56 Å². The first kappa shape index (κ1) is 21.0. The van der Waals surface area contributed by atoms with Gasteiger partial charge < -0.3 is 0 Å². The van der Waals surface area contributed by atoms with Crippen molar-refractivity contribution in [2.75, 3.05) is 11.6 Å². The highest BCUT2D eigenvalue weighted by atomic mass is 19.4. The summed E-state index contributed by atoms with van der Waals surface area (Å²) in [6, 6.07) is 10.6. The maximum atomic E-state index is 13.3. The van der Waals surface area contributed by atoms with Crippen molar-refractivity contribution in [3.05, 3.63) is 81.5 Å². The molecular formula is C22H22F3N5O. The second kappa shape index (κ2) is 8.14. The standard InChI is InChI=1S/C22H22F3N5O/c1-3-19-15(2)27-21-29(18-9-6-7-16(11-18)22(23,24)25)13-28(14-30(21)20(19)31)12-17-8-4-5-10-26-17/h4-11H,3,12-14H2,1-2H3. The van der Waals surface area contributed by atoms with Crippen LogP contribution in [-0.4, -0.2) is 26.1 Å². The number of rotatable bonds is 4. The van der Waals surface area contributed by atoms with E-state index in [0.717, 1.165) is 17.8 Å². The normalized spacial score (nSPS) is 14.5. The molecule has 6 nitrogen and oxygen atoms in total. The van der Waals surface area contributed by atoms with Gasteiger partial charge in [-0.3, -0.25) is 24.1 Å². The van der Waals surface area contributed by atoms with Crippen molar-refractivity contribution in [1.29, 1.82) is 0 Å². The molecule has 0 aliphatic carbocycles. The number of fused-ring (bicyclic) bond motifs is 1. The van der Waals surface area contributed by atoms with Gasteiger partial charge in [-0.2, -0.15) is 13.2 Å². The highest BCUT2D eigenvalue weighted by molar-refractivity contribution is 5.59. The molecule has 3 aromatic rings. The molecule has 0 N–H and O–H groups in total. The van der Waals surface area contributed by atoms with Crippen molar-refractivity contribution in [2.24, 2.45) is 0 Å². The van der Waals surface area contributed by atoms with E-state index < -0.39 is 11.7 Å². The number of alkyl halides is 3. The Labute approximate surface area is 177 Å². The molecule has 0 fully saturated rings. The minimum absolute atomic E-state index is 0.173. The van der Waals surface area contributed by atoms with E-state index in [1.54, 1.807) is 24.1 Å². The number of pyridine rings is 1. The van der Waals surface area contributed by atoms with E-state index in [1.165, 1.54) is 10.6 Å². The van der Waals surface area contributed by atoms with Crippen LogP contribution in [0.3, 0.4) is 0 Å². The summed E-state index contributed by atoms with van der Waals surface area (Å²) in [4.78, 5) is 25.7. The summed E-state index contributed by atoms with van der Waals surface area (Å²) >= 11 is 0. The zero-order valence-corrected chi connectivity index (χ0v) is 17.2. The van der Waals surface area contributed by atoms with Crippen molar-refractivity contribution < 1.29 is 13.2 Å². The summed E-state index contributed by atoms with van der Waals surface area (Å²) in [5.74, 6) is 0.344. The van der Waals surface area contributed by atoms with Crippen LogP contribution in [0.1, 0.15) is 29.4 Å². The first-order valence-electron chi connectivity index (χ1n) is 9.95.